The zero-order chi connectivity index (χ0) is 23.9. The highest BCUT2D eigenvalue weighted by atomic mass is 32.2. The number of benzene rings is 2. The molecule has 0 saturated carbocycles. The SMILES string of the molecule is CCOc1ccc(-n2c(SCC(=O)c3ccc(OC)cc3OC)nnc2-c2ccncc2)cc1. The van der Waals surface area contributed by atoms with Crippen molar-refractivity contribution >= 4 is 17.5 Å². The quantitative estimate of drug-likeness (QED) is 0.240. The standard InChI is InChI=1S/C25H24N4O4S/c1-4-33-19-7-5-18(6-8-19)29-24(17-11-13-26-14-12-17)27-28-25(29)34-16-22(30)21-10-9-20(31-2)15-23(21)32-3/h5-15H,4,16H2,1-3H3. The first-order valence-electron chi connectivity index (χ1n) is 10.6. The minimum absolute atomic E-state index is 0.0868. The predicted molar refractivity (Wildman–Crippen MR) is 130 cm³/mol. The maximum atomic E-state index is 13.0. The average Bonchev–Trinajstić information content (AvgIpc) is 3.32. The van der Waals surface area contributed by atoms with Crippen molar-refractivity contribution in [1.29, 1.82) is 0 Å². The van der Waals surface area contributed by atoms with Crippen molar-refractivity contribution in [2.75, 3.05) is 26.6 Å². The van der Waals surface area contributed by atoms with Crippen LogP contribution in [0.2, 0.25) is 0 Å². The van der Waals surface area contributed by atoms with Crippen LogP contribution < -0.4 is 14.2 Å². The van der Waals surface area contributed by atoms with Crippen LogP contribution >= 0.6 is 11.8 Å². The van der Waals surface area contributed by atoms with Gasteiger partial charge in [0.15, 0.2) is 16.8 Å². The molecule has 0 unspecified atom stereocenters. The molecule has 4 rings (SSSR count). The van der Waals surface area contributed by atoms with Crippen LogP contribution in [0.1, 0.15) is 17.3 Å². The molecule has 0 atom stereocenters. The number of nitrogens with zero attached hydrogens (tertiary/aromatic N) is 4. The van der Waals surface area contributed by atoms with E-state index in [1.54, 1.807) is 37.7 Å². The number of aromatic nitrogens is 4. The molecule has 0 aliphatic rings. The van der Waals surface area contributed by atoms with Crippen LogP contribution in [0, 0.1) is 0 Å². The van der Waals surface area contributed by atoms with E-state index >= 15 is 0 Å². The Kier molecular flexibility index (Phi) is 7.44. The Balaban J connectivity index is 1.64. The van der Waals surface area contributed by atoms with E-state index in [0.29, 0.717) is 34.7 Å². The van der Waals surface area contributed by atoms with Crippen LogP contribution in [0.4, 0.5) is 0 Å². The van der Waals surface area contributed by atoms with Gasteiger partial charge in [-0.1, -0.05) is 11.8 Å². The van der Waals surface area contributed by atoms with Crippen molar-refractivity contribution in [2.24, 2.45) is 0 Å². The first-order valence-corrected chi connectivity index (χ1v) is 11.6. The van der Waals surface area contributed by atoms with Crippen molar-refractivity contribution in [3.63, 3.8) is 0 Å². The summed E-state index contributed by atoms with van der Waals surface area (Å²) in [6.07, 6.45) is 3.41. The monoisotopic (exact) mass is 476 g/mol. The van der Waals surface area contributed by atoms with Gasteiger partial charge >= 0.3 is 0 Å². The third-order valence-corrected chi connectivity index (χ3v) is 5.95. The molecule has 0 aliphatic heterocycles. The van der Waals surface area contributed by atoms with Crippen LogP contribution in [0.3, 0.4) is 0 Å². The molecular formula is C25H24N4O4S. The second-order valence-corrected chi connectivity index (χ2v) is 8.02. The number of hydrogen-bond donors (Lipinski definition) is 0. The Bertz CT molecular complexity index is 1260. The van der Waals surface area contributed by atoms with Crippen LogP contribution in [0.5, 0.6) is 17.2 Å². The Labute approximate surface area is 201 Å². The minimum Gasteiger partial charge on any atom is -0.497 e. The molecule has 0 N–H and O–H groups in total. The van der Waals surface area contributed by atoms with E-state index in [-0.39, 0.29) is 11.5 Å². The largest absolute Gasteiger partial charge is 0.497 e. The second-order valence-electron chi connectivity index (χ2n) is 7.08. The number of hydrogen-bond acceptors (Lipinski definition) is 8. The summed E-state index contributed by atoms with van der Waals surface area (Å²) in [4.78, 5) is 17.1. The average molecular weight is 477 g/mol. The van der Waals surface area contributed by atoms with Gasteiger partial charge in [0.1, 0.15) is 17.2 Å². The fourth-order valence-electron chi connectivity index (χ4n) is 3.38. The summed E-state index contributed by atoms with van der Waals surface area (Å²) >= 11 is 1.31. The smallest absolute Gasteiger partial charge is 0.196 e. The number of Topliss-reactive ketones (excluding diaryl/α,β-unsaturated/α-hetero) is 1. The molecule has 9 heteroatoms. The second kappa shape index (κ2) is 10.8. The number of carbonyl (C=O) groups excluding carboxylic acids is 1. The topological polar surface area (TPSA) is 88.4 Å². The third kappa shape index (κ3) is 5.04. The van der Waals surface area contributed by atoms with E-state index in [1.165, 1.54) is 18.9 Å². The fraction of sp³-hybridized carbons (Fsp3) is 0.200. The highest BCUT2D eigenvalue weighted by Crippen LogP contribution is 2.31. The number of pyridine rings is 1. The number of thioether (sulfide) groups is 1. The summed E-state index contributed by atoms with van der Waals surface area (Å²) in [6, 6.07) is 16.6. The highest BCUT2D eigenvalue weighted by molar-refractivity contribution is 7.99. The number of ether oxygens (including phenoxy) is 3. The summed E-state index contributed by atoms with van der Waals surface area (Å²) in [5, 5.41) is 9.39. The predicted octanol–water partition coefficient (Wildman–Crippen LogP) is 4.72. The molecule has 4 aromatic rings. The van der Waals surface area contributed by atoms with Gasteiger partial charge in [-0.05, 0) is 55.5 Å². The van der Waals surface area contributed by atoms with E-state index in [1.807, 2.05) is 47.9 Å². The Morgan fingerprint density at radius 3 is 2.35 bits per heavy atom. The van der Waals surface area contributed by atoms with Gasteiger partial charge in [-0.25, -0.2) is 0 Å². The molecule has 0 radical (unpaired) electrons. The van der Waals surface area contributed by atoms with E-state index in [2.05, 4.69) is 15.2 Å². The number of ketones is 1. The number of methoxy groups -OCH3 is 2. The summed E-state index contributed by atoms with van der Waals surface area (Å²) in [5.41, 5.74) is 2.21. The Morgan fingerprint density at radius 2 is 1.68 bits per heavy atom. The third-order valence-electron chi connectivity index (χ3n) is 5.02. The van der Waals surface area contributed by atoms with Crippen molar-refractivity contribution in [3.05, 3.63) is 72.6 Å². The van der Waals surface area contributed by atoms with Gasteiger partial charge < -0.3 is 14.2 Å². The number of carbonyl (C=O) groups is 1. The van der Waals surface area contributed by atoms with Gasteiger partial charge in [0.25, 0.3) is 0 Å². The molecule has 174 valence electrons. The van der Waals surface area contributed by atoms with Gasteiger partial charge in [-0.2, -0.15) is 0 Å². The molecule has 0 spiro atoms. The lowest BCUT2D eigenvalue weighted by Gasteiger charge is -2.12. The van der Waals surface area contributed by atoms with Gasteiger partial charge in [-0.15, -0.1) is 10.2 Å². The van der Waals surface area contributed by atoms with Crippen LogP contribution in [0.15, 0.2) is 72.1 Å². The fourth-order valence-corrected chi connectivity index (χ4v) is 4.21. The van der Waals surface area contributed by atoms with Gasteiger partial charge in [-0.3, -0.25) is 14.3 Å². The molecule has 2 aromatic carbocycles. The zero-order valence-electron chi connectivity index (χ0n) is 19.1. The molecule has 0 bridgehead atoms. The molecular weight excluding hydrogens is 452 g/mol. The summed E-state index contributed by atoms with van der Waals surface area (Å²) in [5.74, 6) is 2.60. The molecule has 0 saturated heterocycles. The van der Waals surface area contributed by atoms with E-state index in [4.69, 9.17) is 14.2 Å². The molecule has 8 nitrogen and oxygen atoms in total. The van der Waals surface area contributed by atoms with Gasteiger partial charge in [0.2, 0.25) is 0 Å². The molecule has 0 aliphatic carbocycles. The first-order chi connectivity index (χ1) is 16.6. The number of rotatable bonds is 10. The lowest BCUT2D eigenvalue weighted by Crippen LogP contribution is -2.07. The van der Waals surface area contributed by atoms with Gasteiger partial charge in [0.05, 0.1) is 32.1 Å². The first kappa shape index (κ1) is 23.3. The molecule has 0 amide bonds. The summed E-state index contributed by atoms with van der Waals surface area (Å²) in [6.45, 7) is 2.53. The highest BCUT2D eigenvalue weighted by Gasteiger charge is 2.19. The van der Waals surface area contributed by atoms with Crippen LogP contribution in [0.25, 0.3) is 17.1 Å². The molecule has 2 aromatic heterocycles. The van der Waals surface area contributed by atoms with Crippen LogP contribution in [-0.4, -0.2) is 52.1 Å². The Morgan fingerprint density at radius 1 is 0.941 bits per heavy atom. The molecule has 2 heterocycles. The van der Waals surface area contributed by atoms with E-state index in [9.17, 15) is 4.79 Å². The summed E-state index contributed by atoms with van der Waals surface area (Å²) in [7, 11) is 3.10. The molecule has 0 fully saturated rings. The maximum Gasteiger partial charge on any atom is 0.196 e. The van der Waals surface area contributed by atoms with Crippen molar-refractivity contribution in [2.45, 2.75) is 12.1 Å². The lowest BCUT2D eigenvalue weighted by molar-refractivity contribution is 0.101. The zero-order valence-corrected chi connectivity index (χ0v) is 19.9. The van der Waals surface area contributed by atoms with Crippen LogP contribution in [-0.2, 0) is 0 Å². The minimum atomic E-state index is -0.0868. The normalized spacial score (nSPS) is 10.7. The van der Waals surface area contributed by atoms with E-state index in [0.717, 1.165) is 17.0 Å². The van der Waals surface area contributed by atoms with Crippen molar-refractivity contribution in [3.8, 4) is 34.3 Å². The van der Waals surface area contributed by atoms with E-state index < -0.39 is 0 Å². The van der Waals surface area contributed by atoms with Crippen molar-refractivity contribution in [1.82, 2.24) is 19.7 Å². The Hall–Kier alpha value is -3.85. The molecule has 34 heavy (non-hydrogen) atoms. The van der Waals surface area contributed by atoms with Gasteiger partial charge in [0, 0.05) is 29.7 Å². The van der Waals surface area contributed by atoms with Crippen molar-refractivity contribution < 1.29 is 19.0 Å². The maximum absolute atomic E-state index is 13.0. The lowest BCUT2D eigenvalue weighted by atomic mass is 10.1. The summed E-state index contributed by atoms with van der Waals surface area (Å²) < 4.78 is 18.1.